The summed E-state index contributed by atoms with van der Waals surface area (Å²) in [6.07, 6.45) is 0.215. The number of carbonyl (C=O) groups is 5. The van der Waals surface area contributed by atoms with Gasteiger partial charge in [-0.25, -0.2) is 0 Å². The molecule has 9 heteroatoms. The molecule has 3 heterocycles. The molecular weight excluding hydrogens is 352 g/mol. The highest BCUT2D eigenvalue weighted by Crippen LogP contribution is 2.32. The van der Waals surface area contributed by atoms with Crippen LogP contribution in [-0.2, 0) is 14.4 Å². The second-order valence-electron chi connectivity index (χ2n) is 6.89. The SMILES string of the molecule is CNC(=O)C1CN(c2ccc3c(c2)C(=O)N(C2CCC(=O)NC2=O)C3=O)C1. The van der Waals surface area contributed by atoms with Gasteiger partial charge in [0.2, 0.25) is 17.7 Å². The molecular formula is C18H18N4O5. The number of imide groups is 2. The zero-order valence-electron chi connectivity index (χ0n) is 14.7. The highest BCUT2D eigenvalue weighted by molar-refractivity contribution is 6.23. The van der Waals surface area contributed by atoms with Gasteiger partial charge >= 0.3 is 0 Å². The Morgan fingerprint density at radius 1 is 1.11 bits per heavy atom. The molecule has 3 aliphatic heterocycles. The molecule has 140 valence electrons. The van der Waals surface area contributed by atoms with E-state index in [4.69, 9.17) is 0 Å². The maximum Gasteiger partial charge on any atom is 0.262 e. The zero-order valence-corrected chi connectivity index (χ0v) is 14.7. The van der Waals surface area contributed by atoms with Crippen LogP contribution in [0, 0.1) is 5.92 Å². The van der Waals surface area contributed by atoms with Gasteiger partial charge in [-0.05, 0) is 24.6 Å². The summed E-state index contributed by atoms with van der Waals surface area (Å²) >= 11 is 0. The van der Waals surface area contributed by atoms with Crippen molar-refractivity contribution in [3.05, 3.63) is 29.3 Å². The normalized spacial score (nSPS) is 22.5. The Morgan fingerprint density at radius 2 is 1.81 bits per heavy atom. The van der Waals surface area contributed by atoms with Gasteiger partial charge in [-0.3, -0.25) is 34.2 Å². The lowest BCUT2D eigenvalue weighted by molar-refractivity contribution is -0.136. The molecule has 1 unspecified atom stereocenters. The predicted octanol–water partition coefficient (Wildman–Crippen LogP) is -0.730. The number of hydrogen-bond donors (Lipinski definition) is 2. The van der Waals surface area contributed by atoms with Crippen LogP contribution >= 0.6 is 0 Å². The largest absolute Gasteiger partial charge is 0.370 e. The van der Waals surface area contributed by atoms with Crippen LogP contribution < -0.4 is 15.5 Å². The molecule has 4 rings (SSSR count). The van der Waals surface area contributed by atoms with E-state index < -0.39 is 29.7 Å². The van der Waals surface area contributed by atoms with Crippen LogP contribution in [0.4, 0.5) is 5.69 Å². The van der Waals surface area contributed by atoms with Crippen LogP contribution in [0.15, 0.2) is 18.2 Å². The smallest absolute Gasteiger partial charge is 0.262 e. The van der Waals surface area contributed by atoms with E-state index in [2.05, 4.69) is 10.6 Å². The topological polar surface area (TPSA) is 116 Å². The molecule has 1 atom stereocenters. The molecule has 3 aliphatic rings. The molecule has 5 amide bonds. The maximum absolute atomic E-state index is 12.8. The van der Waals surface area contributed by atoms with Crippen molar-refractivity contribution in [3.8, 4) is 0 Å². The molecule has 2 saturated heterocycles. The number of nitrogens with one attached hydrogen (secondary N) is 2. The van der Waals surface area contributed by atoms with E-state index in [1.165, 1.54) is 0 Å². The van der Waals surface area contributed by atoms with Crippen molar-refractivity contribution in [2.75, 3.05) is 25.0 Å². The molecule has 0 radical (unpaired) electrons. The molecule has 0 bridgehead atoms. The van der Waals surface area contributed by atoms with Gasteiger partial charge in [0.15, 0.2) is 0 Å². The van der Waals surface area contributed by atoms with E-state index in [1.807, 2.05) is 4.90 Å². The minimum atomic E-state index is -0.972. The third-order valence-corrected chi connectivity index (χ3v) is 5.29. The summed E-state index contributed by atoms with van der Waals surface area (Å²) in [6.45, 7) is 1.08. The van der Waals surface area contributed by atoms with Crippen LogP contribution in [0.5, 0.6) is 0 Å². The number of rotatable bonds is 3. The molecule has 2 fully saturated rings. The average Bonchev–Trinajstić information content (AvgIpc) is 2.85. The van der Waals surface area contributed by atoms with Gasteiger partial charge in [-0.15, -0.1) is 0 Å². The number of hydrogen-bond acceptors (Lipinski definition) is 6. The Kier molecular flexibility index (Phi) is 3.94. The molecule has 0 aliphatic carbocycles. The molecule has 0 spiro atoms. The standard InChI is InChI=1S/C18H18N4O5/c1-19-15(24)9-7-21(8-9)10-2-3-11-12(6-10)18(27)22(17(11)26)13-4-5-14(23)20-16(13)25/h2-3,6,9,13H,4-5,7-8H2,1H3,(H,19,24)(H,20,23,25). The zero-order chi connectivity index (χ0) is 19.3. The van der Waals surface area contributed by atoms with Crippen LogP contribution in [0.3, 0.4) is 0 Å². The Hall–Kier alpha value is -3.23. The number of piperidine rings is 1. The van der Waals surface area contributed by atoms with Crippen molar-refractivity contribution >= 4 is 35.2 Å². The van der Waals surface area contributed by atoms with Crippen LogP contribution in [0.2, 0.25) is 0 Å². The van der Waals surface area contributed by atoms with E-state index in [0.29, 0.717) is 13.1 Å². The fourth-order valence-corrected chi connectivity index (χ4v) is 3.72. The summed E-state index contributed by atoms with van der Waals surface area (Å²) in [5.41, 5.74) is 1.24. The fourth-order valence-electron chi connectivity index (χ4n) is 3.72. The van der Waals surface area contributed by atoms with Gasteiger partial charge < -0.3 is 10.2 Å². The number of anilines is 1. The van der Waals surface area contributed by atoms with Gasteiger partial charge in [-0.1, -0.05) is 0 Å². The van der Waals surface area contributed by atoms with Crippen molar-refractivity contribution in [2.45, 2.75) is 18.9 Å². The number of amides is 5. The summed E-state index contributed by atoms with van der Waals surface area (Å²) in [4.78, 5) is 63.3. The maximum atomic E-state index is 12.8. The summed E-state index contributed by atoms with van der Waals surface area (Å²) in [5.74, 6) is -2.21. The van der Waals surface area contributed by atoms with Gasteiger partial charge in [-0.2, -0.15) is 0 Å². The molecule has 1 aromatic carbocycles. The summed E-state index contributed by atoms with van der Waals surface area (Å²) in [5, 5.41) is 4.78. The first-order chi connectivity index (χ1) is 12.9. The predicted molar refractivity (Wildman–Crippen MR) is 92.9 cm³/mol. The van der Waals surface area contributed by atoms with E-state index in [1.54, 1.807) is 25.2 Å². The Labute approximate surface area is 154 Å². The van der Waals surface area contributed by atoms with Crippen LogP contribution in [0.25, 0.3) is 0 Å². The van der Waals surface area contributed by atoms with Crippen molar-refractivity contribution in [3.63, 3.8) is 0 Å². The van der Waals surface area contributed by atoms with Crippen molar-refractivity contribution in [1.29, 1.82) is 0 Å². The molecule has 2 N–H and O–H groups in total. The number of benzene rings is 1. The lowest BCUT2D eigenvalue weighted by Gasteiger charge is -2.40. The van der Waals surface area contributed by atoms with Gasteiger partial charge in [0.25, 0.3) is 11.8 Å². The average molecular weight is 370 g/mol. The second-order valence-corrected chi connectivity index (χ2v) is 6.89. The summed E-state index contributed by atoms with van der Waals surface area (Å²) in [7, 11) is 1.59. The second kappa shape index (κ2) is 6.19. The molecule has 0 aromatic heterocycles. The Bertz CT molecular complexity index is 890. The molecule has 0 saturated carbocycles. The lowest BCUT2D eigenvalue weighted by atomic mass is 9.97. The number of nitrogens with zero attached hydrogens (tertiary/aromatic N) is 2. The van der Waals surface area contributed by atoms with Gasteiger partial charge in [0.05, 0.1) is 17.0 Å². The lowest BCUT2D eigenvalue weighted by Crippen LogP contribution is -2.54. The van der Waals surface area contributed by atoms with Crippen molar-refractivity contribution in [1.82, 2.24) is 15.5 Å². The Balaban J connectivity index is 1.55. The van der Waals surface area contributed by atoms with Gasteiger partial charge in [0.1, 0.15) is 6.04 Å². The first-order valence-corrected chi connectivity index (χ1v) is 8.73. The first kappa shape index (κ1) is 17.2. The fraction of sp³-hybridized carbons (Fsp3) is 0.389. The molecule has 9 nitrogen and oxygen atoms in total. The van der Waals surface area contributed by atoms with E-state index in [9.17, 15) is 24.0 Å². The molecule has 27 heavy (non-hydrogen) atoms. The summed E-state index contributed by atoms with van der Waals surface area (Å²) < 4.78 is 0. The van der Waals surface area contributed by atoms with E-state index >= 15 is 0 Å². The summed E-state index contributed by atoms with van der Waals surface area (Å²) in [6, 6.07) is 3.96. The monoisotopic (exact) mass is 370 g/mol. The van der Waals surface area contributed by atoms with Crippen molar-refractivity contribution in [2.24, 2.45) is 5.92 Å². The number of fused-ring (bicyclic) bond motifs is 1. The minimum absolute atomic E-state index is 0.0253. The van der Waals surface area contributed by atoms with Crippen LogP contribution in [0.1, 0.15) is 33.6 Å². The first-order valence-electron chi connectivity index (χ1n) is 8.73. The Morgan fingerprint density at radius 3 is 2.48 bits per heavy atom. The van der Waals surface area contributed by atoms with E-state index in [0.717, 1.165) is 10.6 Å². The highest BCUT2D eigenvalue weighted by atomic mass is 16.2. The minimum Gasteiger partial charge on any atom is -0.370 e. The van der Waals surface area contributed by atoms with Gasteiger partial charge in [0, 0.05) is 32.2 Å². The quantitative estimate of drug-likeness (QED) is 0.678. The molecule has 1 aromatic rings. The third kappa shape index (κ3) is 2.66. The van der Waals surface area contributed by atoms with Crippen LogP contribution in [-0.4, -0.2) is 60.6 Å². The van der Waals surface area contributed by atoms with Crippen molar-refractivity contribution < 1.29 is 24.0 Å². The highest BCUT2D eigenvalue weighted by Gasteiger charge is 2.45. The number of carbonyl (C=O) groups excluding carboxylic acids is 5. The van der Waals surface area contributed by atoms with E-state index in [-0.39, 0.29) is 35.8 Å². The third-order valence-electron chi connectivity index (χ3n) is 5.29.